The Morgan fingerprint density at radius 3 is 2.89 bits per heavy atom. The summed E-state index contributed by atoms with van der Waals surface area (Å²) in [6, 6.07) is 0.224. The van der Waals surface area contributed by atoms with Crippen LogP contribution < -0.4 is 11.1 Å². The molecule has 1 aromatic rings. The lowest BCUT2D eigenvalue weighted by Crippen LogP contribution is -2.35. The molecule has 0 aliphatic carbocycles. The number of amides is 1. The number of rotatable bonds is 8. The zero-order valence-corrected chi connectivity index (χ0v) is 11.4. The van der Waals surface area contributed by atoms with Crippen molar-refractivity contribution in [1.29, 1.82) is 0 Å². The molecule has 3 N–H and O–H groups in total. The molecule has 0 aromatic carbocycles. The van der Waals surface area contributed by atoms with Crippen molar-refractivity contribution < 1.29 is 4.79 Å². The first kappa shape index (κ1) is 14.5. The molecule has 0 aliphatic rings. The highest BCUT2D eigenvalue weighted by Gasteiger charge is 2.08. The highest BCUT2D eigenvalue weighted by atomic mass is 16.2. The molecule has 0 spiro atoms. The predicted octanol–water partition coefficient (Wildman–Crippen LogP) is 1.94. The van der Waals surface area contributed by atoms with Crippen LogP contribution in [0.5, 0.6) is 0 Å². The number of carbonyl (C=O) groups excluding carboxylic acids is 1. The van der Waals surface area contributed by atoms with Crippen LogP contribution in [-0.2, 0) is 11.3 Å². The van der Waals surface area contributed by atoms with Crippen LogP contribution in [0.15, 0.2) is 12.4 Å². The number of nitrogens with two attached hydrogens (primary N) is 1. The second kappa shape index (κ2) is 7.74. The molecule has 1 amide bonds. The van der Waals surface area contributed by atoms with E-state index in [0.717, 1.165) is 6.42 Å². The maximum Gasteiger partial charge on any atom is 0.241 e. The van der Waals surface area contributed by atoms with E-state index in [-0.39, 0.29) is 18.5 Å². The summed E-state index contributed by atoms with van der Waals surface area (Å²) in [5.41, 5.74) is 6.11. The molecule has 1 aromatic heterocycles. The van der Waals surface area contributed by atoms with Gasteiger partial charge < -0.3 is 11.1 Å². The van der Waals surface area contributed by atoms with E-state index >= 15 is 0 Å². The van der Waals surface area contributed by atoms with Crippen molar-refractivity contribution in [3.8, 4) is 0 Å². The Balaban J connectivity index is 2.19. The summed E-state index contributed by atoms with van der Waals surface area (Å²) in [7, 11) is 0. The van der Waals surface area contributed by atoms with Crippen molar-refractivity contribution >= 4 is 11.6 Å². The molecule has 1 rings (SSSR count). The number of anilines is 1. The highest BCUT2D eigenvalue weighted by molar-refractivity contribution is 5.75. The normalized spacial score (nSPS) is 12.3. The summed E-state index contributed by atoms with van der Waals surface area (Å²) in [6.45, 7) is 4.47. The van der Waals surface area contributed by atoms with Gasteiger partial charge in [0.2, 0.25) is 5.91 Å². The lowest BCUT2D eigenvalue weighted by molar-refractivity contribution is -0.122. The first-order valence-corrected chi connectivity index (χ1v) is 6.69. The van der Waals surface area contributed by atoms with Gasteiger partial charge in [-0.25, -0.2) is 0 Å². The summed E-state index contributed by atoms with van der Waals surface area (Å²) in [6.07, 6.45) is 9.16. The average Bonchev–Trinajstić information content (AvgIpc) is 2.70. The molecule has 0 aliphatic heterocycles. The Labute approximate surface area is 109 Å². The average molecular weight is 252 g/mol. The Morgan fingerprint density at radius 1 is 1.50 bits per heavy atom. The van der Waals surface area contributed by atoms with Gasteiger partial charge >= 0.3 is 0 Å². The molecule has 18 heavy (non-hydrogen) atoms. The monoisotopic (exact) mass is 252 g/mol. The molecule has 0 radical (unpaired) electrons. The van der Waals surface area contributed by atoms with Gasteiger partial charge in [0.15, 0.2) is 0 Å². The quantitative estimate of drug-likeness (QED) is 0.694. The highest BCUT2D eigenvalue weighted by Crippen LogP contribution is 2.05. The van der Waals surface area contributed by atoms with E-state index in [1.165, 1.54) is 25.7 Å². The van der Waals surface area contributed by atoms with E-state index in [0.29, 0.717) is 5.69 Å². The molecule has 1 heterocycles. The van der Waals surface area contributed by atoms with Gasteiger partial charge in [0, 0.05) is 12.2 Å². The number of nitrogens with zero attached hydrogens (tertiary/aromatic N) is 2. The lowest BCUT2D eigenvalue weighted by atomic mass is 10.1. The van der Waals surface area contributed by atoms with Gasteiger partial charge in [0.1, 0.15) is 6.54 Å². The van der Waals surface area contributed by atoms with E-state index in [9.17, 15) is 4.79 Å². The van der Waals surface area contributed by atoms with Crippen molar-refractivity contribution in [1.82, 2.24) is 15.1 Å². The zero-order chi connectivity index (χ0) is 13.4. The summed E-state index contributed by atoms with van der Waals surface area (Å²) in [5, 5.41) is 6.95. The molecule has 0 saturated heterocycles. The van der Waals surface area contributed by atoms with Crippen LogP contribution in [0.25, 0.3) is 0 Å². The molecule has 0 saturated carbocycles. The number of carbonyl (C=O) groups is 1. The standard InChI is InChI=1S/C13H24N4O/c1-3-4-5-6-7-11(2)16-13(18)10-17-9-12(14)8-15-17/h8-9,11H,3-7,10,14H2,1-2H3,(H,16,18). The van der Waals surface area contributed by atoms with Gasteiger partial charge in [0.05, 0.1) is 11.9 Å². The maximum atomic E-state index is 11.7. The number of hydrogen-bond acceptors (Lipinski definition) is 3. The predicted molar refractivity (Wildman–Crippen MR) is 73.0 cm³/mol. The summed E-state index contributed by atoms with van der Waals surface area (Å²) < 4.78 is 1.55. The summed E-state index contributed by atoms with van der Waals surface area (Å²) in [4.78, 5) is 11.7. The minimum absolute atomic E-state index is 0.0129. The molecule has 5 nitrogen and oxygen atoms in total. The van der Waals surface area contributed by atoms with Gasteiger partial charge in [-0.1, -0.05) is 32.6 Å². The van der Waals surface area contributed by atoms with Crippen LogP contribution in [0.3, 0.4) is 0 Å². The smallest absolute Gasteiger partial charge is 0.241 e. The van der Waals surface area contributed by atoms with Crippen LogP contribution in [0.2, 0.25) is 0 Å². The van der Waals surface area contributed by atoms with Crippen molar-refractivity contribution in [3.63, 3.8) is 0 Å². The number of aromatic nitrogens is 2. The molecule has 102 valence electrons. The molecule has 0 bridgehead atoms. The zero-order valence-electron chi connectivity index (χ0n) is 11.4. The number of hydrogen-bond donors (Lipinski definition) is 2. The van der Waals surface area contributed by atoms with E-state index < -0.39 is 0 Å². The van der Waals surface area contributed by atoms with Crippen LogP contribution in [-0.4, -0.2) is 21.7 Å². The number of nitrogen functional groups attached to an aromatic ring is 1. The topological polar surface area (TPSA) is 72.9 Å². The van der Waals surface area contributed by atoms with Crippen LogP contribution in [0.1, 0.15) is 46.0 Å². The van der Waals surface area contributed by atoms with E-state index in [4.69, 9.17) is 5.73 Å². The third-order valence-corrected chi connectivity index (χ3v) is 2.86. The van der Waals surface area contributed by atoms with Crippen molar-refractivity contribution in [2.45, 2.75) is 58.5 Å². The van der Waals surface area contributed by atoms with E-state index in [1.54, 1.807) is 17.1 Å². The number of unbranched alkanes of at least 4 members (excludes halogenated alkanes) is 3. The fourth-order valence-electron chi connectivity index (χ4n) is 1.88. The van der Waals surface area contributed by atoms with Gasteiger partial charge in [-0.05, 0) is 13.3 Å². The fraction of sp³-hybridized carbons (Fsp3) is 0.692. The molecule has 1 unspecified atom stereocenters. The van der Waals surface area contributed by atoms with Gasteiger partial charge in [-0.2, -0.15) is 5.10 Å². The third-order valence-electron chi connectivity index (χ3n) is 2.86. The van der Waals surface area contributed by atoms with Gasteiger partial charge in [-0.15, -0.1) is 0 Å². The first-order valence-electron chi connectivity index (χ1n) is 6.69. The third kappa shape index (κ3) is 5.70. The van der Waals surface area contributed by atoms with Crippen LogP contribution >= 0.6 is 0 Å². The second-order valence-electron chi connectivity index (χ2n) is 4.79. The van der Waals surface area contributed by atoms with E-state index in [2.05, 4.69) is 17.3 Å². The largest absolute Gasteiger partial charge is 0.396 e. The maximum absolute atomic E-state index is 11.7. The Bertz CT molecular complexity index is 362. The minimum Gasteiger partial charge on any atom is -0.396 e. The first-order chi connectivity index (χ1) is 8.61. The molecular formula is C13H24N4O. The van der Waals surface area contributed by atoms with Crippen molar-refractivity contribution in [2.75, 3.05) is 5.73 Å². The van der Waals surface area contributed by atoms with Crippen LogP contribution in [0.4, 0.5) is 5.69 Å². The lowest BCUT2D eigenvalue weighted by Gasteiger charge is -2.13. The molecular weight excluding hydrogens is 228 g/mol. The van der Waals surface area contributed by atoms with Crippen molar-refractivity contribution in [3.05, 3.63) is 12.4 Å². The SMILES string of the molecule is CCCCCCC(C)NC(=O)Cn1cc(N)cn1. The molecule has 5 heteroatoms. The Hall–Kier alpha value is -1.52. The minimum atomic E-state index is -0.0129. The second-order valence-corrected chi connectivity index (χ2v) is 4.79. The fourth-order valence-corrected chi connectivity index (χ4v) is 1.88. The number of nitrogens with one attached hydrogen (secondary N) is 1. The van der Waals surface area contributed by atoms with Gasteiger partial charge in [0.25, 0.3) is 0 Å². The van der Waals surface area contributed by atoms with Crippen molar-refractivity contribution in [2.24, 2.45) is 0 Å². The van der Waals surface area contributed by atoms with Crippen LogP contribution in [0, 0.1) is 0 Å². The Kier molecular flexibility index (Phi) is 6.25. The Morgan fingerprint density at radius 2 is 2.28 bits per heavy atom. The molecule has 0 fully saturated rings. The molecule has 1 atom stereocenters. The summed E-state index contributed by atoms with van der Waals surface area (Å²) >= 11 is 0. The van der Waals surface area contributed by atoms with E-state index in [1.807, 2.05) is 6.92 Å². The summed E-state index contributed by atoms with van der Waals surface area (Å²) in [5.74, 6) is -0.0129. The van der Waals surface area contributed by atoms with Gasteiger partial charge in [-0.3, -0.25) is 9.48 Å².